The Kier molecular flexibility index (Phi) is 13.8. The van der Waals surface area contributed by atoms with Crippen molar-refractivity contribution in [2.75, 3.05) is 0 Å². The summed E-state index contributed by atoms with van der Waals surface area (Å²) in [5.74, 6) is 0.706. The van der Waals surface area contributed by atoms with Gasteiger partial charge in [0.05, 0.1) is 56.6 Å². The molecule has 18 aromatic rings. The Bertz CT molecular complexity index is 5340. The van der Waals surface area contributed by atoms with Gasteiger partial charge in [-0.2, -0.15) is 0 Å². The molecule has 0 unspecified atom stereocenters. The summed E-state index contributed by atoms with van der Waals surface area (Å²) in [6.07, 6.45) is 3.57. The van der Waals surface area contributed by atoms with Gasteiger partial charge < -0.3 is 0 Å². The summed E-state index contributed by atoms with van der Waals surface area (Å²) >= 11 is 0. The van der Waals surface area contributed by atoms with Crippen LogP contribution >= 0.6 is 0 Å². The highest BCUT2D eigenvalue weighted by atomic mass is 16.6. The van der Waals surface area contributed by atoms with Crippen LogP contribution in [-0.2, 0) is 0 Å². The minimum atomic E-state index is 0.706. The van der Waals surface area contributed by atoms with Crippen molar-refractivity contribution in [2.24, 2.45) is 0 Å². The number of para-hydroxylation sites is 2. The topological polar surface area (TPSA) is 168 Å². The molecule has 0 aliphatic heterocycles. The molecule has 8 heterocycles. The van der Waals surface area contributed by atoms with Gasteiger partial charge in [0.15, 0.2) is 5.82 Å². The normalized spacial score (nSPS) is 11.4. The molecule has 0 saturated heterocycles. The van der Waals surface area contributed by atoms with Gasteiger partial charge in [-0.05, 0) is 133 Å². The van der Waals surface area contributed by atoms with Crippen LogP contribution in [0.1, 0.15) is 0 Å². The minimum Gasteiger partial charge on any atom is -0.255 e. The maximum Gasteiger partial charge on any atom is 0.160 e. The van der Waals surface area contributed by atoms with Crippen molar-refractivity contribution in [3.8, 4) is 113 Å². The number of nitrogens with zero attached hydrogens (tertiary/aromatic N) is 11. The van der Waals surface area contributed by atoms with Crippen LogP contribution in [0.2, 0.25) is 0 Å². The lowest BCUT2D eigenvalue weighted by Gasteiger charge is -2.11. The third-order valence-electron chi connectivity index (χ3n) is 17.1. The number of rotatable bonds is 10. The molecule has 13 heteroatoms. The Morgan fingerprint density at radius 1 is 0.213 bits per heavy atom. The highest BCUT2D eigenvalue weighted by Crippen LogP contribution is 2.40. The molecule has 0 bridgehead atoms. The second kappa shape index (κ2) is 23.7. The fourth-order valence-corrected chi connectivity index (χ4v) is 12.4. The van der Waals surface area contributed by atoms with Crippen LogP contribution in [-0.4, -0.2) is 55.5 Å². The molecule has 94 heavy (non-hydrogen) atoms. The van der Waals surface area contributed by atoms with E-state index in [4.69, 9.17) is 34.2 Å². The third-order valence-corrected chi connectivity index (χ3v) is 17.1. The molecule has 0 spiro atoms. The maximum absolute atomic E-state index is 5.09. The second-order valence-corrected chi connectivity index (χ2v) is 22.8. The van der Waals surface area contributed by atoms with E-state index in [-0.39, 0.29) is 0 Å². The second-order valence-electron chi connectivity index (χ2n) is 22.8. The summed E-state index contributed by atoms with van der Waals surface area (Å²) in [7, 11) is 0. The van der Waals surface area contributed by atoms with E-state index in [2.05, 4.69) is 182 Å². The highest BCUT2D eigenvalue weighted by molar-refractivity contribution is 6.21. The Hall–Kier alpha value is -13.1. The number of pyridine rings is 5. The zero-order chi connectivity index (χ0) is 62.3. The number of aromatic nitrogens is 11. The molecule has 0 fully saturated rings. The average molecular weight is 1210 g/mol. The number of hydrogen-bond donors (Lipinski definition) is 0. The molecule has 0 saturated carbocycles. The molecule has 0 N–H and O–H groups in total. The van der Waals surface area contributed by atoms with Gasteiger partial charge in [-0.15, -0.1) is 0 Å². The first-order valence-corrected chi connectivity index (χ1v) is 30.7. The molecule has 440 valence electrons. The monoisotopic (exact) mass is 1210 g/mol. The molecule has 0 aliphatic rings. The molecule has 0 aliphatic carbocycles. The molecule has 10 aromatic carbocycles. The lowest BCUT2D eigenvalue weighted by atomic mass is 9.96. The average Bonchev–Trinajstić information content (AvgIpc) is 1.28. The van der Waals surface area contributed by atoms with E-state index in [9.17, 15) is 0 Å². The van der Waals surface area contributed by atoms with Gasteiger partial charge >= 0.3 is 0 Å². The van der Waals surface area contributed by atoms with Gasteiger partial charge in [-0.25, -0.2) is 34.2 Å². The van der Waals surface area contributed by atoms with Crippen LogP contribution in [0, 0.1) is 0 Å². The smallest absolute Gasteiger partial charge is 0.160 e. The van der Waals surface area contributed by atoms with Crippen LogP contribution in [0.3, 0.4) is 0 Å². The summed E-state index contributed by atoms with van der Waals surface area (Å²) in [6.45, 7) is 0. The highest BCUT2D eigenvalue weighted by Gasteiger charge is 2.19. The molecule has 8 aromatic heterocycles. The van der Waals surface area contributed by atoms with Crippen LogP contribution in [0.4, 0.5) is 0 Å². The van der Waals surface area contributed by atoms with Crippen LogP contribution in [0.5, 0.6) is 0 Å². The van der Waals surface area contributed by atoms with Gasteiger partial charge in [0.2, 0.25) is 0 Å². The zero-order valence-corrected chi connectivity index (χ0v) is 50.0. The van der Waals surface area contributed by atoms with Gasteiger partial charge in [0.25, 0.3) is 0 Å². The molecule has 0 radical (unpaired) electrons. The Morgan fingerprint density at radius 2 is 0.596 bits per heavy atom. The summed E-state index contributed by atoms with van der Waals surface area (Å²) in [4.78, 5) is 34.0. The van der Waals surface area contributed by atoms with Crippen molar-refractivity contribution < 1.29 is 9.26 Å². The van der Waals surface area contributed by atoms with E-state index in [1.165, 1.54) is 0 Å². The molecule has 0 atom stereocenters. The molecular weight excluding hydrogens is 1160 g/mol. The zero-order valence-electron chi connectivity index (χ0n) is 50.0. The predicted octanol–water partition coefficient (Wildman–Crippen LogP) is 19.5. The molecule has 13 nitrogen and oxygen atoms in total. The van der Waals surface area contributed by atoms with Crippen LogP contribution in [0.25, 0.3) is 178 Å². The standard InChI is InChI=1S/C41H25N5O.C40H24N6O/c1-3-9-28(10-4-1)36-25-37(44-41(43-36)31-11-5-2-6-12-31)29-19-15-26(16-20-29)27-17-21-30(22-18-27)39-33-23-24-35-40(46-47-45-35)38(33)32-13-7-8-14-34(32)42-39;1-2-8-32-30(7-1)38-31(19-20-35-40(38)46-47-45-35)39(44-32)28-17-15-26(16-18-28)25-11-13-27(14-12-25)29-23-36(33-9-3-5-21-41-33)43-37(24-29)34-10-4-6-22-42-34/h1-25H;1-24H. The fourth-order valence-electron chi connectivity index (χ4n) is 12.4. The number of benzene rings is 10. The molecule has 0 amide bonds. The van der Waals surface area contributed by atoms with Crippen molar-refractivity contribution in [1.29, 1.82) is 0 Å². The van der Waals surface area contributed by atoms with Crippen molar-refractivity contribution in [2.45, 2.75) is 0 Å². The van der Waals surface area contributed by atoms with Crippen molar-refractivity contribution >= 4 is 65.4 Å². The predicted molar refractivity (Wildman–Crippen MR) is 373 cm³/mol. The fraction of sp³-hybridized carbons (Fsp3) is 0. The van der Waals surface area contributed by atoms with Gasteiger partial charge in [0.1, 0.15) is 22.1 Å². The quantitative estimate of drug-likeness (QED) is 0.119. The van der Waals surface area contributed by atoms with Gasteiger partial charge in [-0.3, -0.25) is 9.97 Å². The van der Waals surface area contributed by atoms with Crippen molar-refractivity contribution in [1.82, 2.24) is 55.5 Å². The van der Waals surface area contributed by atoms with Crippen molar-refractivity contribution in [3.05, 3.63) is 298 Å². The Morgan fingerprint density at radius 3 is 1.04 bits per heavy atom. The van der Waals surface area contributed by atoms with Crippen LogP contribution in [0.15, 0.2) is 307 Å². The number of hydrogen-bond acceptors (Lipinski definition) is 13. The Labute approximate surface area is 537 Å². The van der Waals surface area contributed by atoms with E-state index in [1.807, 2.05) is 133 Å². The lowest BCUT2D eigenvalue weighted by molar-refractivity contribution is 0.316. The van der Waals surface area contributed by atoms with E-state index >= 15 is 0 Å². The summed E-state index contributed by atoms with van der Waals surface area (Å²) < 4.78 is 10.2. The van der Waals surface area contributed by atoms with E-state index < -0.39 is 0 Å². The first-order valence-electron chi connectivity index (χ1n) is 30.7. The molecule has 18 rings (SSSR count). The first-order chi connectivity index (χ1) is 46.6. The van der Waals surface area contributed by atoms with Crippen molar-refractivity contribution in [3.63, 3.8) is 0 Å². The van der Waals surface area contributed by atoms with E-state index in [0.29, 0.717) is 5.82 Å². The summed E-state index contributed by atoms with van der Waals surface area (Å²) in [6, 6.07) is 96.8. The summed E-state index contributed by atoms with van der Waals surface area (Å²) in [5.41, 5.74) is 23.3. The SMILES string of the molecule is c1ccc(-c2cc(-c3ccc(-c4ccc(-c5nc6ccccc6c6c5ccc5nonc56)cc4)cc3)cc(-c3ccccn3)n2)nc1.c1ccc(-c2cc(-c3ccc(-c4ccc(-c5nc6ccccc6c6c5ccc5nonc56)cc4)cc3)nc(-c3ccccc3)n2)cc1. The minimum absolute atomic E-state index is 0.706. The summed E-state index contributed by atoms with van der Waals surface area (Å²) in [5, 5.41) is 22.7. The lowest BCUT2D eigenvalue weighted by Crippen LogP contribution is -1.95. The first kappa shape index (κ1) is 55.0. The van der Waals surface area contributed by atoms with Gasteiger partial charge in [0, 0.05) is 72.5 Å². The van der Waals surface area contributed by atoms with Gasteiger partial charge in [-0.1, -0.05) is 206 Å². The molecular formula is C81H49N11O2. The van der Waals surface area contributed by atoms with E-state index in [1.54, 1.807) is 12.4 Å². The van der Waals surface area contributed by atoms with Crippen LogP contribution < -0.4 is 0 Å². The number of fused-ring (bicyclic) bond motifs is 10. The largest absolute Gasteiger partial charge is 0.255 e. The Balaban J connectivity index is 0.000000143. The third kappa shape index (κ3) is 10.4. The van der Waals surface area contributed by atoms with E-state index in [0.717, 1.165) is 172 Å². The maximum atomic E-state index is 5.09.